The lowest BCUT2D eigenvalue weighted by Gasteiger charge is -2.25. The molecule has 6 nitrogen and oxygen atoms in total. The molecule has 1 fully saturated rings. The molecule has 1 N–H and O–H groups in total. The molecular formula is C18H23N5O. The number of nitriles is 1. The Kier molecular flexibility index (Phi) is 5.47. The van der Waals surface area contributed by atoms with Crippen molar-refractivity contribution in [3.63, 3.8) is 0 Å². The lowest BCUT2D eigenvalue weighted by atomic mass is 10.1. The van der Waals surface area contributed by atoms with Crippen molar-refractivity contribution in [2.24, 2.45) is 0 Å². The summed E-state index contributed by atoms with van der Waals surface area (Å²) in [6.45, 7) is 4.81. The van der Waals surface area contributed by atoms with Gasteiger partial charge in [-0.2, -0.15) is 10.4 Å². The van der Waals surface area contributed by atoms with Crippen LogP contribution in [0.25, 0.3) is 0 Å². The highest BCUT2D eigenvalue weighted by atomic mass is 16.3. The van der Waals surface area contributed by atoms with Crippen molar-refractivity contribution < 1.29 is 5.11 Å². The van der Waals surface area contributed by atoms with Crippen molar-refractivity contribution in [3.05, 3.63) is 48.3 Å². The first kappa shape index (κ1) is 16.5. The molecule has 0 saturated carbocycles. The van der Waals surface area contributed by atoms with E-state index in [1.54, 1.807) is 10.9 Å². The number of anilines is 1. The highest BCUT2D eigenvalue weighted by Crippen LogP contribution is 2.21. The third-order valence-corrected chi connectivity index (χ3v) is 4.38. The second kappa shape index (κ2) is 7.95. The minimum Gasteiger partial charge on any atom is -0.390 e. The molecule has 2 aromatic rings. The summed E-state index contributed by atoms with van der Waals surface area (Å²) in [6, 6.07) is 11.9. The van der Waals surface area contributed by atoms with Crippen LogP contribution in [-0.4, -0.2) is 58.6 Å². The lowest BCUT2D eigenvalue weighted by molar-refractivity contribution is 0.0980. The highest BCUT2D eigenvalue weighted by molar-refractivity contribution is 5.59. The molecule has 6 heteroatoms. The molecule has 0 unspecified atom stereocenters. The molecule has 24 heavy (non-hydrogen) atoms. The van der Waals surface area contributed by atoms with Crippen LogP contribution in [0.1, 0.15) is 12.0 Å². The van der Waals surface area contributed by atoms with Crippen molar-refractivity contribution >= 4 is 5.69 Å². The standard InChI is InChI=1S/C18H23N5O/c19-13-16-5-1-2-6-18(16)22-9-4-8-21(11-12-22)14-17(24)15-23-10-3-7-20-23/h1-3,5-7,10,17,24H,4,8-9,11-12,14-15H2/t17-/m0/s1. The van der Waals surface area contributed by atoms with Crippen LogP contribution in [0.3, 0.4) is 0 Å². The van der Waals surface area contributed by atoms with Crippen LogP contribution >= 0.6 is 0 Å². The van der Waals surface area contributed by atoms with Gasteiger partial charge in [-0.15, -0.1) is 0 Å². The number of nitrogens with zero attached hydrogens (tertiary/aromatic N) is 5. The van der Waals surface area contributed by atoms with Gasteiger partial charge < -0.3 is 10.0 Å². The second-order valence-corrected chi connectivity index (χ2v) is 6.15. The molecule has 1 aliphatic rings. The monoisotopic (exact) mass is 325 g/mol. The normalized spacial score (nSPS) is 17.2. The molecule has 1 atom stereocenters. The van der Waals surface area contributed by atoms with Gasteiger partial charge in [0.25, 0.3) is 0 Å². The van der Waals surface area contributed by atoms with E-state index in [9.17, 15) is 10.4 Å². The third kappa shape index (κ3) is 4.13. The SMILES string of the molecule is N#Cc1ccccc1N1CCCN(C[C@H](O)Cn2cccn2)CC1. The molecule has 0 spiro atoms. The van der Waals surface area contributed by atoms with Crippen molar-refractivity contribution in [2.45, 2.75) is 19.1 Å². The Balaban J connectivity index is 1.56. The zero-order valence-corrected chi connectivity index (χ0v) is 13.8. The Bertz CT molecular complexity index is 679. The largest absolute Gasteiger partial charge is 0.390 e. The maximum atomic E-state index is 10.3. The van der Waals surface area contributed by atoms with Crippen LogP contribution in [0.15, 0.2) is 42.7 Å². The van der Waals surface area contributed by atoms with Gasteiger partial charge in [-0.25, -0.2) is 0 Å². The predicted molar refractivity (Wildman–Crippen MR) is 92.7 cm³/mol. The number of hydrogen-bond donors (Lipinski definition) is 1. The Hall–Kier alpha value is -2.36. The summed E-state index contributed by atoms with van der Waals surface area (Å²) in [4.78, 5) is 4.57. The third-order valence-electron chi connectivity index (χ3n) is 4.38. The summed E-state index contributed by atoms with van der Waals surface area (Å²) in [5.41, 5.74) is 1.74. The van der Waals surface area contributed by atoms with Crippen molar-refractivity contribution in [1.29, 1.82) is 5.26 Å². The van der Waals surface area contributed by atoms with Crippen LogP contribution < -0.4 is 4.90 Å². The van der Waals surface area contributed by atoms with Gasteiger partial charge >= 0.3 is 0 Å². The Morgan fingerprint density at radius 1 is 1.12 bits per heavy atom. The quantitative estimate of drug-likeness (QED) is 0.898. The molecule has 2 heterocycles. The number of para-hydroxylation sites is 1. The number of benzene rings is 1. The maximum absolute atomic E-state index is 10.3. The first-order valence-corrected chi connectivity index (χ1v) is 8.38. The van der Waals surface area contributed by atoms with E-state index >= 15 is 0 Å². The number of β-amino-alcohol motifs (C(OH)–C–C–N with tert-alkyl or cyclic N) is 1. The Morgan fingerprint density at radius 2 is 2.00 bits per heavy atom. The average Bonchev–Trinajstić information content (AvgIpc) is 2.99. The van der Waals surface area contributed by atoms with Crippen molar-refractivity contribution in [2.75, 3.05) is 37.6 Å². The molecule has 1 aromatic carbocycles. The molecule has 3 rings (SSSR count). The zero-order valence-electron chi connectivity index (χ0n) is 13.8. The predicted octanol–water partition coefficient (Wildman–Crippen LogP) is 1.33. The van der Waals surface area contributed by atoms with Crippen LogP contribution in [0.4, 0.5) is 5.69 Å². The van der Waals surface area contributed by atoms with E-state index in [-0.39, 0.29) is 0 Å². The highest BCUT2D eigenvalue weighted by Gasteiger charge is 2.19. The van der Waals surface area contributed by atoms with Gasteiger partial charge in [0.1, 0.15) is 6.07 Å². The number of rotatable bonds is 5. The maximum Gasteiger partial charge on any atom is 0.101 e. The van der Waals surface area contributed by atoms with Gasteiger partial charge in [0, 0.05) is 38.6 Å². The van der Waals surface area contributed by atoms with Crippen LogP contribution in [0.2, 0.25) is 0 Å². The molecule has 0 bridgehead atoms. The van der Waals surface area contributed by atoms with Crippen molar-refractivity contribution in [1.82, 2.24) is 14.7 Å². The smallest absolute Gasteiger partial charge is 0.101 e. The van der Waals surface area contributed by atoms with E-state index in [4.69, 9.17) is 0 Å². The fraction of sp³-hybridized carbons (Fsp3) is 0.444. The first-order valence-electron chi connectivity index (χ1n) is 8.38. The topological polar surface area (TPSA) is 68.3 Å². The number of aliphatic hydroxyl groups excluding tert-OH is 1. The molecular weight excluding hydrogens is 302 g/mol. The number of aromatic nitrogens is 2. The molecule has 0 aliphatic carbocycles. The van der Waals surface area contributed by atoms with Gasteiger partial charge in [-0.1, -0.05) is 12.1 Å². The summed E-state index contributed by atoms with van der Waals surface area (Å²) in [6.07, 6.45) is 4.19. The number of aliphatic hydroxyl groups is 1. The molecule has 0 radical (unpaired) electrons. The van der Waals surface area contributed by atoms with Crippen LogP contribution in [0.5, 0.6) is 0 Å². The van der Waals surface area contributed by atoms with E-state index in [2.05, 4.69) is 21.0 Å². The molecule has 1 saturated heterocycles. The fourth-order valence-corrected chi connectivity index (χ4v) is 3.22. The molecule has 0 amide bonds. The molecule has 1 aliphatic heterocycles. The molecule has 126 valence electrons. The zero-order chi connectivity index (χ0) is 16.8. The lowest BCUT2D eigenvalue weighted by Crippen LogP contribution is -2.37. The first-order chi connectivity index (χ1) is 11.8. The summed E-state index contributed by atoms with van der Waals surface area (Å²) in [5, 5.41) is 23.7. The summed E-state index contributed by atoms with van der Waals surface area (Å²) in [7, 11) is 0. The summed E-state index contributed by atoms with van der Waals surface area (Å²) >= 11 is 0. The van der Waals surface area contributed by atoms with Gasteiger partial charge in [0.05, 0.1) is 23.9 Å². The van der Waals surface area contributed by atoms with Gasteiger partial charge in [-0.3, -0.25) is 9.58 Å². The Morgan fingerprint density at radius 3 is 2.79 bits per heavy atom. The van der Waals surface area contributed by atoms with E-state index in [0.29, 0.717) is 13.1 Å². The second-order valence-electron chi connectivity index (χ2n) is 6.15. The Labute approximate surface area is 142 Å². The van der Waals surface area contributed by atoms with E-state index in [1.807, 2.05) is 36.5 Å². The van der Waals surface area contributed by atoms with E-state index in [0.717, 1.165) is 43.9 Å². The summed E-state index contributed by atoms with van der Waals surface area (Å²) in [5.74, 6) is 0. The molecule has 1 aromatic heterocycles. The van der Waals surface area contributed by atoms with Gasteiger partial charge in [-0.05, 0) is 31.2 Å². The van der Waals surface area contributed by atoms with E-state index in [1.165, 1.54) is 0 Å². The number of hydrogen-bond acceptors (Lipinski definition) is 5. The van der Waals surface area contributed by atoms with Gasteiger partial charge in [0.15, 0.2) is 0 Å². The minimum absolute atomic E-state index is 0.428. The van der Waals surface area contributed by atoms with Gasteiger partial charge in [0.2, 0.25) is 0 Å². The fourth-order valence-electron chi connectivity index (χ4n) is 3.22. The minimum atomic E-state index is -0.428. The van der Waals surface area contributed by atoms with Crippen LogP contribution in [0, 0.1) is 11.3 Å². The van der Waals surface area contributed by atoms with Crippen LogP contribution in [-0.2, 0) is 6.54 Å². The van der Waals surface area contributed by atoms with E-state index < -0.39 is 6.10 Å². The summed E-state index contributed by atoms with van der Waals surface area (Å²) < 4.78 is 1.76. The average molecular weight is 325 g/mol. The van der Waals surface area contributed by atoms with Crippen molar-refractivity contribution in [3.8, 4) is 6.07 Å².